The number of pyridine rings is 1. The van der Waals surface area contributed by atoms with Gasteiger partial charge in [0.05, 0.1) is 0 Å². The van der Waals surface area contributed by atoms with Crippen molar-refractivity contribution in [2.45, 2.75) is 47.0 Å². The number of aromatic amines is 1. The second kappa shape index (κ2) is 7.09. The third-order valence-electron chi connectivity index (χ3n) is 2.13. The smallest absolute Gasteiger partial charge is 0.388 e. The van der Waals surface area contributed by atoms with Gasteiger partial charge in [-0.3, -0.25) is 0 Å². The molecule has 0 amide bonds. The van der Waals surface area contributed by atoms with Crippen LogP contribution >= 0.6 is 0 Å². The SMILES string of the molecule is CC(C)(C)c1cc2cc[nH]c2[c-]n1.C[C-](C)C.[W+2]. The van der Waals surface area contributed by atoms with Crippen LogP contribution in [0, 0.1) is 12.1 Å². The van der Waals surface area contributed by atoms with Crippen LogP contribution in [0.5, 0.6) is 0 Å². The first kappa shape index (κ1) is 17.4. The summed E-state index contributed by atoms with van der Waals surface area (Å²) in [4.78, 5) is 7.37. The van der Waals surface area contributed by atoms with E-state index in [0.717, 1.165) is 11.2 Å². The molecule has 2 rings (SSSR count). The molecule has 2 aromatic heterocycles. The summed E-state index contributed by atoms with van der Waals surface area (Å²) in [5.74, 6) is 1.42. The second-order valence-electron chi connectivity index (χ2n) is 5.81. The number of rotatable bonds is 0. The standard InChI is InChI=1S/C11H13N2.C4H9.W/c1-11(2,3)10-6-8-4-5-12-9(8)7-13-10;1-4(2)3;/h4-6,12H,1-3H3;1-3H3;/q2*-1;+2. The molecule has 0 aliphatic rings. The molecule has 0 aliphatic heterocycles. The fourth-order valence-corrected chi connectivity index (χ4v) is 1.28. The Balaban J connectivity index is 0.000000512. The summed E-state index contributed by atoms with van der Waals surface area (Å²) in [7, 11) is 0. The van der Waals surface area contributed by atoms with E-state index in [-0.39, 0.29) is 26.5 Å². The summed E-state index contributed by atoms with van der Waals surface area (Å²) in [5.41, 5.74) is 2.16. The van der Waals surface area contributed by atoms with Crippen molar-refractivity contribution in [1.82, 2.24) is 9.97 Å². The number of aromatic nitrogens is 2. The van der Waals surface area contributed by atoms with E-state index in [1.165, 1.54) is 11.3 Å². The molecule has 98 valence electrons. The van der Waals surface area contributed by atoms with Gasteiger partial charge in [0.2, 0.25) is 0 Å². The minimum atomic E-state index is 0. The Morgan fingerprint density at radius 1 is 1.22 bits per heavy atom. The summed E-state index contributed by atoms with van der Waals surface area (Å²) >= 11 is 0. The fraction of sp³-hybridized carbons (Fsp3) is 0.467. The van der Waals surface area contributed by atoms with Gasteiger partial charge in [0.15, 0.2) is 0 Å². The molecule has 0 radical (unpaired) electrons. The zero-order chi connectivity index (χ0) is 13.1. The van der Waals surface area contributed by atoms with Crippen molar-refractivity contribution in [2.75, 3.05) is 0 Å². The molecule has 0 aliphatic carbocycles. The van der Waals surface area contributed by atoms with Crippen molar-refractivity contribution in [3.8, 4) is 0 Å². The number of hydrogen-bond acceptors (Lipinski definition) is 1. The van der Waals surface area contributed by atoms with E-state index in [9.17, 15) is 0 Å². The number of fused-ring (bicyclic) bond motifs is 1. The van der Waals surface area contributed by atoms with E-state index >= 15 is 0 Å². The largest absolute Gasteiger partial charge is 2.00 e. The molecule has 2 heterocycles. The first-order chi connectivity index (χ1) is 7.80. The van der Waals surface area contributed by atoms with Gasteiger partial charge in [-0.1, -0.05) is 44.2 Å². The van der Waals surface area contributed by atoms with Gasteiger partial charge < -0.3 is 15.9 Å². The number of H-pyrrole nitrogens is 1. The van der Waals surface area contributed by atoms with Crippen molar-refractivity contribution in [1.29, 1.82) is 0 Å². The average molecular weight is 414 g/mol. The van der Waals surface area contributed by atoms with E-state index in [1.54, 1.807) is 0 Å². The minimum absolute atomic E-state index is 0. The molecule has 0 spiro atoms. The minimum Gasteiger partial charge on any atom is -0.388 e. The van der Waals surface area contributed by atoms with Gasteiger partial charge in [-0.05, 0) is 11.6 Å². The van der Waals surface area contributed by atoms with E-state index in [4.69, 9.17) is 0 Å². The van der Waals surface area contributed by atoms with Gasteiger partial charge in [0.1, 0.15) is 0 Å². The zero-order valence-electron chi connectivity index (χ0n) is 12.1. The van der Waals surface area contributed by atoms with Gasteiger partial charge in [-0.25, -0.2) is 0 Å². The number of nitrogens with one attached hydrogen (secondary N) is 1. The Bertz CT molecular complexity index is 464. The molecule has 2 nitrogen and oxygen atoms in total. The van der Waals surface area contributed by atoms with Crippen molar-refractivity contribution in [2.24, 2.45) is 0 Å². The van der Waals surface area contributed by atoms with Crippen LogP contribution in [0.25, 0.3) is 10.9 Å². The predicted molar refractivity (Wildman–Crippen MR) is 73.9 cm³/mol. The van der Waals surface area contributed by atoms with Crippen molar-refractivity contribution >= 4 is 10.9 Å². The topological polar surface area (TPSA) is 28.7 Å². The van der Waals surface area contributed by atoms with Crippen LogP contribution in [0.2, 0.25) is 0 Å². The predicted octanol–water partition coefficient (Wildman–Crippen LogP) is 4.28. The number of nitrogens with zero attached hydrogens (tertiary/aromatic N) is 1. The van der Waals surface area contributed by atoms with Crippen LogP contribution in [-0.2, 0) is 26.5 Å². The molecule has 0 fully saturated rings. The summed E-state index contributed by atoms with van der Waals surface area (Å²) in [6, 6.07) is 4.16. The maximum Gasteiger partial charge on any atom is 2.00 e. The summed E-state index contributed by atoms with van der Waals surface area (Å²) in [6.45, 7) is 12.7. The van der Waals surface area contributed by atoms with Crippen LogP contribution in [0.15, 0.2) is 18.3 Å². The molecule has 0 atom stereocenters. The van der Waals surface area contributed by atoms with Crippen LogP contribution in [0.1, 0.15) is 47.2 Å². The van der Waals surface area contributed by atoms with Crippen LogP contribution < -0.4 is 0 Å². The molecular weight excluding hydrogens is 392 g/mol. The van der Waals surface area contributed by atoms with Gasteiger partial charge in [-0.2, -0.15) is 20.8 Å². The second-order valence-corrected chi connectivity index (χ2v) is 5.81. The third kappa shape index (κ3) is 5.35. The molecule has 1 N–H and O–H groups in total. The maximum absolute atomic E-state index is 4.29. The quantitative estimate of drug-likeness (QED) is 0.641. The zero-order valence-corrected chi connectivity index (χ0v) is 15.0. The Hall–Kier alpha value is -0.622. The Morgan fingerprint density at radius 3 is 2.28 bits per heavy atom. The van der Waals surface area contributed by atoms with Gasteiger partial charge in [-0.15, -0.1) is 11.5 Å². The number of hydrogen-bond donors (Lipinski definition) is 1. The Morgan fingerprint density at radius 2 is 1.78 bits per heavy atom. The van der Waals surface area contributed by atoms with Gasteiger partial charge >= 0.3 is 21.1 Å². The Kier molecular flexibility index (Phi) is 6.84. The van der Waals surface area contributed by atoms with Gasteiger partial charge in [0, 0.05) is 0 Å². The molecule has 18 heavy (non-hydrogen) atoms. The normalized spacial score (nSPS) is 10.8. The van der Waals surface area contributed by atoms with Crippen molar-refractivity contribution in [3.63, 3.8) is 0 Å². The molecule has 0 saturated heterocycles. The molecule has 0 bridgehead atoms. The molecule has 2 aromatic rings. The van der Waals surface area contributed by atoms with Crippen molar-refractivity contribution < 1.29 is 21.1 Å². The summed E-state index contributed by atoms with van der Waals surface area (Å²) in [6.07, 6.45) is 4.91. The van der Waals surface area contributed by atoms with E-state index in [1.807, 2.05) is 12.3 Å². The van der Waals surface area contributed by atoms with Crippen LogP contribution in [0.4, 0.5) is 0 Å². The van der Waals surface area contributed by atoms with Crippen molar-refractivity contribution in [3.05, 3.63) is 36.1 Å². The van der Waals surface area contributed by atoms with E-state index in [0.29, 0.717) is 0 Å². The van der Waals surface area contributed by atoms with Gasteiger partial charge in [0.25, 0.3) is 0 Å². The molecule has 0 saturated carbocycles. The molecular formula is C15H22N2W. The average Bonchev–Trinajstić information content (AvgIpc) is 2.61. The van der Waals surface area contributed by atoms with Crippen LogP contribution in [-0.4, -0.2) is 9.97 Å². The maximum atomic E-state index is 4.29. The first-order valence-electron chi connectivity index (χ1n) is 5.94. The summed E-state index contributed by atoms with van der Waals surface area (Å²) in [5, 5.41) is 1.18. The fourth-order valence-electron chi connectivity index (χ4n) is 1.28. The molecule has 3 heteroatoms. The monoisotopic (exact) mass is 414 g/mol. The summed E-state index contributed by atoms with van der Waals surface area (Å²) < 4.78 is 0. The third-order valence-corrected chi connectivity index (χ3v) is 2.13. The molecule has 0 unspecified atom stereocenters. The molecule has 0 aromatic carbocycles. The Labute approximate surface area is 125 Å². The van der Waals surface area contributed by atoms with E-state index in [2.05, 4.69) is 63.8 Å². The first-order valence-corrected chi connectivity index (χ1v) is 5.94. The van der Waals surface area contributed by atoms with Crippen LogP contribution in [0.3, 0.4) is 0 Å². The van der Waals surface area contributed by atoms with E-state index < -0.39 is 0 Å².